The molecule has 0 aromatic heterocycles. The van der Waals surface area contributed by atoms with E-state index in [2.05, 4.69) is 58.2 Å². The first-order valence-corrected chi connectivity index (χ1v) is 9.24. The van der Waals surface area contributed by atoms with Gasteiger partial charge in [0.25, 0.3) is 0 Å². The van der Waals surface area contributed by atoms with E-state index < -0.39 is 0 Å². The van der Waals surface area contributed by atoms with E-state index in [9.17, 15) is 0 Å². The molecule has 0 fully saturated rings. The van der Waals surface area contributed by atoms with E-state index >= 15 is 0 Å². The van der Waals surface area contributed by atoms with E-state index in [1.807, 2.05) is 60.8 Å². The Bertz CT molecular complexity index is 878. The highest BCUT2D eigenvalue weighted by Gasteiger charge is 2.00. The second-order valence-electron chi connectivity index (χ2n) is 6.07. The van der Waals surface area contributed by atoms with Crippen molar-refractivity contribution in [3.05, 3.63) is 84.4 Å². The fourth-order valence-corrected chi connectivity index (χ4v) is 2.72. The van der Waals surface area contributed by atoms with E-state index in [1.165, 1.54) is 5.69 Å². The molecule has 0 unspecified atom stereocenters. The van der Waals surface area contributed by atoms with Crippen molar-refractivity contribution < 1.29 is 0 Å². The second kappa shape index (κ2) is 9.43. The van der Waals surface area contributed by atoms with Crippen molar-refractivity contribution in [3.63, 3.8) is 0 Å². The van der Waals surface area contributed by atoms with Gasteiger partial charge in [-0.1, -0.05) is 30.3 Å². The lowest BCUT2D eigenvalue weighted by atomic mass is 10.2. The number of benzene rings is 3. The predicted molar refractivity (Wildman–Crippen MR) is 114 cm³/mol. The van der Waals surface area contributed by atoms with E-state index in [0.29, 0.717) is 0 Å². The van der Waals surface area contributed by atoms with Gasteiger partial charge in [-0.2, -0.15) is 10.2 Å². The smallest absolute Gasteiger partial charge is 0.0858 e. The Kier molecular flexibility index (Phi) is 6.47. The Labute approximate surface area is 160 Å². The molecule has 4 nitrogen and oxygen atoms in total. The van der Waals surface area contributed by atoms with Crippen LogP contribution >= 0.6 is 0 Å². The highest BCUT2D eigenvalue weighted by Crippen LogP contribution is 2.21. The number of azo groups is 1. The summed E-state index contributed by atoms with van der Waals surface area (Å²) in [5.41, 5.74) is 4.86. The Morgan fingerprint density at radius 3 is 1.81 bits per heavy atom. The van der Waals surface area contributed by atoms with Crippen LogP contribution in [0.15, 0.2) is 94.1 Å². The summed E-state index contributed by atoms with van der Waals surface area (Å²) in [6.07, 6.45) is 1.88. The van der Waals surface area contributed by atoms with Gasteiger partial charge >= 0.3 is 0 Å². The molecule has 0 saturated heterocycles. The van der Waals surface area contributed by atoms with Crippen molar-refractivity contribution in [1.82, 2.24) is 0 Å². The molecule has 3 rings (SSSR count). The second-order valence-corrected chi connectivity index (χ2v) is 6.07. The highest BCUT2D eigenvalue weighted by molar-refractivity contribution is 5.82. The first-order valence-electron chi connectivity index (χ1n) is 9.24. The van der Waals surface area contributed by atoms with E-state index in [1.54, 1.807) is 0 Å². The fraction of sp³-hybridized carbons (Fsp3) is 0.174. The molecular formula is C23H24N4. The minimum Gasteiger partial charge on any atom is -0.372 e. The van der Waals surface area contributed by atoms with Gasteiger partial charge in [0, 0.05) is 25.0 Å². The van der Waals surface area contributed by atoms with Crippen LogP contribution in [0, 0.1) is 0 Å². The number of aliphatic imine (C=N–C) groups is 1. The molecule has 3 aromatic carbocycles. The molecule has 136 valence electrons. The number of hydrogen-bond acceptors (Lipinski definition) is 4. The minimum absolute atomic E-state index is 0.807. The molecule has 0 aliphatic heterocycles. The predicted octanol–water partition coefficient (Wildman–Crippen LogP) is 6.70. The molecule has 0 heterocycles. The van der Waals surface area contributed by atoms with Crippen LogP contribution in [0.5, 0.6) is 0 Å². The SMILES string of the molecule is CCN(CC)c1ccc(C=Nc2ccc(N=Nc3ccccc3)cc2)cc1. The van der Waals surface area contributed by atoms with Gasteiger partial charge in [-0.25, -0.2) is 0 Å². The third-order valence-electron chi connectivity index (χ3n) is 4.27. The normalized spacial score (nSPS) is 11.3. The molecule has 0 atom stereocenters. The Morgan fingerprint density at radius 1 is 0.667 bits per heavy atom. The molecule has 3 aromatic rings. The van der Waals surface area contributed by atoms with Crippen LogP contribution in [0.1, 0.15) is 19.4 Å². The zero-order chi connectivity index (χ0) is 18.9. The zero-order valence-electron chi connectivity index (χ0n) is 15.8. The topological polar surface area (TPSA) is 40.3 Å². The van der Waals surface area contributed by atoms with Crippen molar-refractivity contribution in [2.45, 2.75) is 13.8 Å². The average Bonchev–Trinajstić information content (AvgIpc) is 2.74. The van der Waals surface area contributed by atoms with Crippen molar-refractivity contribution in [2.75, 3.05) is 18.0 Å². The summed E-state index contributed by atoms with van der Waals surface area (Å²) < 4.78 is 0. The van der Waals surface area contributed by atoms with Gasteiger partial charge in [-0.15, -0.1) is 0 Å². The fourth-order valence-electron chi connectivity index (χ4n) is 2.72. The Morgan fingerprint density at radius 2 is 1.22 bits per heavy atom. The molecule has 0 aliphatic carbocycles. The minimum atomic E-state index is 0.807. The molecule has 4 heteroatoms. The number of anilines is 1. The monoisotopic (exact) mass is 356 g/mol. The quantitative estimate of drug-likeness (QED) is 0.343. The number of nitrogens with zero attached hydrogens (tertiary/aromatic N) is 4. The molecule has 0 bridgehead atoms. The largest absolute Gasteiger partial charge is 0.372 e. The third-order valence-corrected chi connectivity index (χ3v) is 4.27. The van der Waals surface area contributed by atoms with Crippen molar-refractivity contribution in [3.8, 4) is 0 Å². The molecule has 0 amide bonds. The van der Waals surface area contributed by atoms with Gasteiger partial charge in [0.15, 0.2) is 0 Å². The van der Waals surface area contributed by atoms with Crippen LogP contribution in [0.25, 0.3) is 0 Å². The van der Waals surface area contributed by atoms with Crippen molar-refractivity contribution in [1.29, 1.82) is 0 Å². The highest BCUT2D eigenvalue weighted by atomic mass is 15.1. The first kappa shape index (κ1) is 18.5. The lowest BCUT2D eigenvalue weighted by molar-refractivity contribution is 0.866. The van der Waals surface area contributed by atoms with Crippen LogP contribution in [0.2, 0.25) is 0 Å². The van der Waals surface area contributed by atoms with Crippen LogP contribution in [0.3, 0.4) is 0 Å². The first-order chi connectivity index (χ1) is 13.3. The van der Waals surface area contributed by atoms with Gasteiger partial charge in [-0.05, 0) is 67.9 Å². The third kappa shape index (κ3) is 5.35. The summed E-state index contributed by atoms with van der Waals surface area (Å²) in [4.78, 5) is 6.86. The van der Waals surface area contributed by atoms with Gasteiger partial charge in [0.2, 0.25) is 0 Å². The molecule has 0 aliphatic rings. The molecular weight excluding hydrogens is 332 g/mol. The van der Waals surface area contributed by atoms with Crippen LogP contribution in [0.4, 0.5) is 22.7 Å². The molecule has 0 saturated carbocycles. The lowest BCUT2D eigenvalue weighted by Crippen LogP contribution is -2.21. The number of rotatable bonds is 7. The van der Waals surface area contributed by atoms with Crippen molar-refractivity contribution >= 4 is 29.0 Å². The Hall–Kier alpha value is -3.27. The maximum atomic E-state index is 4.54. The van der Waals surface area contributed by atoms with E-state index in [-0.39, 0.29) is 0 Å². The molecule has 0 spiro atoms. The average molecular weight is 356 g/mol. The maximum Gasteiger partial charge on any atom is 0.0858 e. The van der Waals surface area contributed by atoms with Crippen molar-refractivity contribution in [2.24, 2.45) is 15.2 Å². The van der Waals surface area contributed by atoms with Gasteiger partial charge in [-0.3, -0.25) is 4.99 Å². The number of hydrogen-bond donors (Lipinski definition) is 0. The summed E-state index contributed by atoms with van der Waals surface area (Å²) in [6.45, 7) is 6.36. The van der Waals surface area contributed by atoms with E-state index in [4.69, 9.17) is 0 Å². The van der Waals surface area contributed by atoms with Gasteiger partial charge in [0.1, 0.15) is 0 Å². The van der Waals surface area contributed by atoms with Crippen LogP contribution in [-0.2, 0) is 0 Å². The molecule has 0 radical (unpaired) electrons. The van der Waals surface area contributed by atoms with E-state index in [0.717, 1.165) is 35.7 Å². The zero-order valence-corrected chi connectivity index (χ0v) is 15.8. The van der Waals surface area contributed by atoms with Gasteiger partial charge < -0.3 is 4.90 Å². The summed E-state index contributed by atoms with van der Waals surface area (Å²) in [6, 6.07) is 25.9. The summed E-state index contributed by atoms with van der Waals surface area (Å²) in [5.74, 6) is 0. The summed E-state index contributed by atoms with van der Waals surface area (Å²) in [5, 5.41) is 8.47. The van der Waals surface area contributed by atoms with Gasteiger partial charge in [0.05, 0.1) is 17.1 Å². The molecule has 27 heavy (non-hydrogen) atoms. The van der Waals surface area contributed by atoms with Crippen LogP contribution in [-0.4, -0.2) is 19.3 Å². The lowest BCUT2D eigenvalue weighted by Gasteiger charge is -2.20. The van der Waals surface area contributed by atoms with Crippen LogP contribution < -0.4 is 4.90 Å². The Balaban J connectivity index is 1.63. The standard InChI is InChI=1S/C23H24N4/c1-3-27(4-2)23-16-10-19(11-17-23)18-24-20-12-14-22(15-13-20)26-25-21-8-6-5-7-9-21/h5-18H,3-4H2,1-2H3. The molecule has 0 N–H and O–H groups in total. The maximum absolute atomic E-state index is 4.54. The summed E-state index contributed by atoms with van der Waals surface area (Å²) in [7, 11) is 0. The summed E-state index contributed by atoms with van der Waals surface area (Å²) >= 11 is 0.